The number of halogens is 2. The maximum Gasteiger partial charge on any atom is 0.247 e. The van der Waals surface area contributed by atoms with Crippen molar-refractivity contribution in [2.75, 3.05) is 23.8 Å². The number of hydrogen-bond acceptors (Lipinski definition) is 6. The molecular formula is C17H16Cl2N6. The number of likely N-dealkylation sites (N-methyl/N-ethyl adjacent to an activating group) is 1. The largest absolute Gasteiger partial charge is 0.342 e. The van der Waals surface area contributed by atoms with Crippen LogP contribution >= 0.6 is 23.2 Å². The third-order valence-electron chi connectivity index (χ3n) is 3.51. The Kier molecular flexibility index (Phi) is 5.63. The predicted octanol–water partition coefficient (Wildman–Crippen LogP) is 4.00. The molecule has 6 nitrogen and oxygen atoms in total. The Hall–Kier alpha value is -2.44. The highest BCUT2D eigenvalue weighted by Crippen LogP contribution is 2.24. The van der Waals surface area contributed by atoms with Crippen LogP contribution in [-0.2, 0) is 6.42 Å². The molecule has 2 aromatic heterocycles. The van der Waals surface area contributed by atoms with Gasteiger partial charge in [0.05, 0.1) is 6.20 Å². The third kappa shape index (κ3) is 5.01. The molecule has 0 aliphatic heterocycles. The van der Waals surface area contributed by atoms with Crippen molar-refractivity contribution in [3.05, 3.63) is 64.5 Å². The van der Waals surface area contributed by atoms with Gasteiger partial charge in [0.2, 0.25) is 5.95 Å². The summed E-state index contributed by atoms with van der Waals surface area (Å²) in [6.07, 6.45) is 5.99. The van der Waals surface area contributed by atoms with Gasteiger partial charge in [0, 0.05) is 41.7 Å². The normalized spacial score (nSPS) is 10.5. The van der Waals surface area contributed by atoms with Crippen LogP contribution in [0.25, 0.3) is 0 Å². The first kappa shape index (κ1) is 17.4. The quantitative estimate of drug-likeness (QED) is 0.703. The molecule has 3 rings (SSSR count). The molecule has 1 N–H and O–H groups in total. The molecule has 0 radical (unpaired) electrons. The fourth-order valence-corrected chi connectivity index (χ4v) is 2.76. The van der Waals surface area contributed by atoms with Crippen molar-refractivity contribution in [2.45, 2.75) is 6.42 Å². The zero-order valence-electron chi connectivity index (χ0n) is 13.5. The minimum atomic E-state index is 0.534. The van der Waals surface area contributed by atoms with Gasteiger partial charge in [-0.2, -0.15) is 10.1 Å². The molecule has 0 amide bonds. The molecular weight excluding hydrogens is 359 g/mol. The summed E-state index contributed by atoms with van der Waals surface area (Å²) in [5.74, 6) is 1.10. The number of rotatable bonds is 6. The summed E-state index contributed by atoms with van der Waals surface area (Å²) < 4.78 is 0. The van der Waals surface area contributed by atoms with E-state index in [0.717, 1.165) is 18.7 Å². The molecule has 2 heterocycles. The first-order chi connectivity index (χ1) is 12.1. The van der Waals surface area contributed by atoms with Gasteiger partial charge in [-0.1, -0.05) is 23.2 Å². The third-order valence-corrected chi connectivity index (χ3v) is 3.95. The smallest absolute Gasteiger partial charge is 0.247 e. The number of nitrogens with zero attached hydrogens (tertiary/aromatic N) is 5. The maximum atomic E-state index is 6.01. The van der Waals surface area contributed by atoms with Crippen molar-refractivity contribution in [1.29, 1.82) is 0 Å². The number of anilines is 3. The van der Waals surface area contributed by atoms with E-state index in [0.29, 0.717) is 21.8 Å². The van der Waals surface area contributed by atoms with Crippen LogP contribution in [0.5, 0.6) is 0 Å². The second-order valence-corrected chi connectivity index (χ2v) is 6.32. The van der Waals surface area contributed by atoms with Crippen LogP contribution in [0.2, 0.25) is 10.0 Å². The average molecular weight is 375 g/mol. The molecule has 8 heteroatoms. The van der Waals surface area contributed by atoms with Crippen LogP contribution < -0.4 is 10.2 Å². The molecule has 3 aromatic rings. The lowest BCUT2D eigenvalue weighted by molar-refractivity contribution is 0.812. The summed E-state index contributed by atoms with van der Waals surface area (Å²) in [7, 11) is 1.93. The molecule has 0 atom stereocenters. The second kappa shape index (κ2) is 8.09. The maximum absolute atomic E-state index is 6.01. The van der Waals surface area contributed by atoms with E-state index in [1.807, 2.05) is 24.1 Å². The summed E-state index contributed by atoms with van der Waals surface area (Å²) in [4.78, 5) is 10.4. The van der Waals surface area contributed by atoms with Crippen LogP contribution in [0.15, 0.2) is 48.9 Å². The molecule has 0 spiro atoms. The lowest BCUT2D eigenvalue weighted by Gasteiger charge is -2.17. The monoisotopic (exact) mass is 374 g/mol. The summed E-state index contributed by atoms with van der Waals surface area (Å²) in [6.45, 7) is 0.762. The van der Waals surface area contributed by atoms with E-state index < -0.39 is 0 Å². The number of benzene rings is 1. The van der Waals surface area contributed by atoms with E-state index in [2.05, 4.69) is 25.5 Å². The molecule has 0 fully saturated rings. The standard InChI is InChI=1S/C17H16Cl2N6/c1-25(7-4-12-2-5-20-6-3-12)17-23-16(11-21-24-17)22-15-9-13(18)8-14(19)10-15/h2-3,5-6,8-11H,4,7H2,1H3,(H,22,23,24). The minimum absolute atomic E-state index is 0.534. The van der Waals surface area contributed by atoms with Crippen molar-refractivity contribution in [3.8, 4) is 0 Å². The van der Waals surface area contributed by atoms with E-state index in [1.165, 1.54) is 5.56 Å². The SMILES string of the molecule is CN(CCc1ccncc1)c1nncc(Nc2cc(Cl)cc(Cl)c2)n1. The van der Waals surface area contributed by atoms with Gasteiger partial charge in [-0.05, 0) is 42.3 Å². The van der Waals surface area contributed by atoms with E-state index in [9.17, 15) is 0 Å². The van der Waals surface area contributed by atoms with Crippen LogP contribution in [0.4, 0.5) is 17.5 Å². The Labute approximate surface area is 155 Å². The minimum Gasteiger partial charge on any atom is -0.342 e. The van der Waals surface area contributed by atoms with E-state index in [4.69, 9.17) is 23.2 Å². The molecule has 0 unspecified atom stereocenters. The first-order valence-electron chi connectivity index (χ1n) is 7.63. The highest BCUT2D eigenvalue weighted by molar-refractivity contribution is 6.35. The Balaban J connectivity index is 1.68. The molecule has 0 saturated carbocycles. The molecule has 25 heavy (non-hydrogen) atoms. The van der Waals surface area contributed by atoms with Crippen LogP contribution in [0, 0.1) is 0 Å². The Bertz CT molecular complexity index is 823. The molecule has 0 saturated heterocycles. The lowest BCUT2D eigenvalue weighted by Crippen LogP contribution is -2.23. The topological polar surface area (TPSA) is 66.8 Å². The fraction of sp³-hybridized carbons (Fsp3) is 0.176. The molecule has 0 bridgehead atoms. The van der Waals surface area contributed by atoms with Gasteiger partial charge in [-0.3, -0.25) is 4.98 Å². The van der Waals surface area contributed by atoms with Gasteiger partial charge >= 0.3 is 0 Å². The first-order valence-corrected chi connectivity index (χ1v) is 8.38. The molecule has 0 aliphatic rings. The van der Waals surface area contributed by atoms with Crippen molar-refractivity contribution in [2.24, 2.45) is 0 Å². The number of hydrogen-bond donors (Lipinski definition) is 1. The van der Waals surface area contributed by atoms with Crippen LogP contribution in [0.3, 0.4) is 0 Å². The van der Waals surface area contributed by atoms with Gasteiger partial charge in [-0.25, -0.2) is 0 Å². The fourth-order valence-electron chi connectivity index (χ4n) is 2.24. The highest BCUT2D eigenvalue weighted by Gasteiger charge is 2.08. The van der Waals surface area contributed by atoms with Gasteiger partial charge < -0.3 is 10.2 Å². The Morgan fingerprint density at radius 1 is 1.08 bits per heavy atom. The molecule has 128 valence electrons. The van der Waals surface area contributed by atoms with Crippen molar-refractivity contribution in [3.63, 3.8) is 0 Å². The van der Waals surface area contributed by atoms with Gasteiger partial charge in [0.15, 0.2) is 5.82 Å². The zero-order chi connectivity index (χ0) is 17.6. The number of aromatic nitrogens is 4. The second-order valence-electron chi connectivity index (χ2n) is 5.45. The molecule has 0 aliphatic carbocycles. The zero-order valence-corrected chi connectivity index (χ0v) is 15.0. The van der Waals surface area contributed by atoms with E-state index >= 15 is 0 Å². The van der Waals surface area contributed by atoms with Crippen molar-refractivity contribution in [1.82, 2.24) is 20.2 Å². The van der Waals surface area contributed by atoms with Crippen LogP contribution in [0.1, 0.15) is 5.56 Å². The number of nitrogens with one attached hydrogen (secondary N) is 1. The number of pyridine rings is 1. The van der Waals surface area contributed by atoms with Gasteiger partial charge in [0.1, 0.15) is 0 Å². The summed E-state index contributed by atoms with van der Waals surface area (Å²) >= 11 is 12.0. The highest BCUT2D eigenvalue weighted by atomic mass is 35.5. The Morgan fingerprint density at radius 3 is 2.52 bits per heavy atom. The summed E-state index contributed by atoms with van der Waals surface area (Å²) in [6, 6.07) is 9.19. The lowest BCUT2D eigenvalue weighted by atomic mass is 10.2. The summed E-state index contributed by atoms with van der Waals surface area (Å²) in [5, 5.41) is 12.3. The Morgan fingerprint density at radius 2 is 1.80 bits per heavy atom. The van der Waals surface area contributed by atoms with Crippen LogP contribution in [-0.4, -0.2) is 33.8 Å². The van der Waals surface area contributed by atoms with E-state index in [-0.39, 0.29) is 0 Å². The summed E-state index contributed by atoms with van der Waals surface area (Å²) in [5.41, 5.74) is 1.95. The van der Waals surface area contributed by atoms with Crippen molar-refractivity contribution < 1.29 is 0 Å². The predicted molar refractivity (Wildman–Crippen MR) is 101 cm³/mol. The average Bonchev–Trinajstić information content (AvgIpc) is 2.60. The van der Waals surface area contributed by atoms with E-state index in [1.54, 1.807) is 36.8 Å². The van der Waals surface area contributed by atoms with Gasteiger partial charge in [-0.15, -0.1) is 5.10 Å². The molecule has 1 aromatic carbocycles. The van der Waals surface area contributed by atoms with Crippen molar-refractivity contribution >= 4 is 40.7 Å². The van der Waals surface area contributed by atoms with Gasteiger partial charge in [0.25, 0.3) is 0 Å².